The predicted molar refractivity (Wildman–Crippen MR) is 130 cm³/mol. The summed E-state index contributed by atoms with van der Waals surface area (Å²) >= 11 is 1.19. The van der Waals surface area contributed by atoms with Crippen LogP contribution in [0.2, 0.25) is 0 Å². The molecular weight excluding hydrogens is 495 g/mol. The second-order valence-corrected chi connectivity index (χ2v) is 11.5. The Hall–Kier alpha value is -3.45. The molecule has 13 heteroatoms. The first kappa shape index (κ1) is 24.7. The van der Waals surface area contributed by atoms with Gasteiger partial charge in [0.05, 0.1) is 16.0 Å². The number of aromatic nitrogens is 4. The average Bonchev–Trinajstić information content (AvgIpc) is 3.45. The molecule has 4 aromatic rings. The molecule has 0 saturated heterocycles. The Kier molecular flexibility index (Phi) is 6.81. The van der Waals surface area contributed by atoms with E-state index in [2.05, 4.69) is 30.7 Å². The minimum atomic E-state index is -3.34. The van der Waals surface area contributed by atoms with E-state index in [1.165, 1.54) is 17.4 Å². The third kappa shape index (κ3) is 5.80. The Labute approximate surface area is 204 Å². The summed E-state index contributed by atoms with van der Waals surface area (Å²) in [7, 11) is -3.34. The number of thiazole rings is 1. The van der Waals surface area contributed by atoms with Crippen molar-refractivity contribution in [1.29, 1.82) is 0 Å². The Bertz CT molecular complexity index is 1480. The smallest absolute Gasteiger partial charge is 0.321 e. The largest absolute Gasteiger partial charge is 0.339 e. The number of nitrogens with zero attached hydrogens (tertiary/aromatic N) is 4. The van der Waals surface area contributed by atoms with E-state index in [1.54, 1.807) is 44.2 Å². The van der Waals surface area contributed by atoms with Crippen LogP contribution in [0.15, 0.2) is 45.8 Å². The fraction of sp³-hybridized carbons (Fsp3) is 0.318. The maximum Gasteiger partial charge on any atom is 0.321 e. The topological polar surface area (TPSA) is 140 Å². The van der Waals surface area contributed by atoms with Crippen LogP contribution in [0.3, 0.4) is 0 Å². The minimum Gasteiger partial charge on any atom is -0.339 e. The maximum atomic E-state index is 13.1. The number of carbonyl (C=O) groups is 1. The first-order valence-electron chi connectivity index (χ1n) is 10.6. The second-order valence-electron chi connectivity index (χ2n) is 8.50. The van der Waals surface area contributed by atoms with Gasteiger partial charge in [-0.15, -0.1) is 0 Å². The molecule has 0 aliphatic carbocycles. The molecule has 2 amide bonds. The van der Waals surface area contributed by atoms with Crippen LogP contribution in [0.5, 0.6) is 0 Å². The van der Waals surface area contributed by atoms with Crippen LogP contribution < -0.4 is 10.6 Å². The van der Waals surface area contributed by atoms with Crippen LogP contribution in [-0.2, 0) is 21.7 Å². The lowest BCUT2D eigenvalue weighted by molar-refractivity contribution is 0.252. The van der Waals surface area contributed by atoms with Crippen LogP contribution >= 0.6 is 11.3 Å². The number of nitrogens with one attached hydrogen (secondary N) is 2. The molecule has 0 fully saturated rings. The van der Waals surface area contributed by atoms with Gasteiger partial charge in [0.1, 0.15) is 17.0 Å². The van der Waals surface area contributed by atoms with Gasteiger partial charge in [0.25, 0.3) is 0 Å². The molecule has 0 bridgehead atoms. The Morgan fingerprint density at radius 1 is 1.17 bits per heavy atom. The molecule has 0 spiro atoms. The molecule has 10 nitrogen and oxygen atoms in total. The minimum absolute atomic E-state index is 0.211. The highest BCUT2D eigenvalue weighted by Gasteiger charge is 2.27. The number of benzene rings is 1. The number of hydrogen-bond donors (Lipinski definition) is 2. The van der Waals surface area contributed by atoms with E-state index in [-0.39, 0.29) is 17.3 Å². The number of hydrogen-bond acceptors (Lipinski definition) is 9. The number of urea groups is 1. The number of pyridine rings is 1. The van der Waals surface area contributed by atoms with Gasteiger partial charge in [-0.3, -0.25) is 5.32 Å². The number of sulfone groups is 1. The maximum absolute atomic E-state index is 13.1. The molecule has 184 valence electrons. The fourth-order valence-corrected chi connectivity index (χ4v) is 4.53. The van der Waals surface area contributed by atoms with Crippen molar-refractivity contribution in [3.8, 4) is 11.3 Å². The molecule has 0 aliphatic heterocycles. The van der Waals surface area contributed by atoms with Gasteiger partial charge in [-0.2, -0.15) is 4.98 Å². The van der Waals surface area contributed by atoms with Crippen molar-refractivity contribution in [3.63, 3.8) is 0 Å². The molecule has 1 aromatic carbocycles. The highest BCUT2D eigenvalue weighted by Crippen LogP contribution is 2.28. The van der Waals surface area contributed by atoms with Crippen molar-refractivity contribution in [1.82, 2.24) is 25.4 Å². The lowest BCUT2D eigenvalue weighted by atomic mass is 9.96. The second kappa shape index (κ2) is 9.66. The summed E-state index contributed by atoms with van der Waals surface area (Å²) < 4.78 is 41.8. The molecule has 3 heterocycles. The summed E-state index contributed by atoms with van der Waals surface area (Å²) in [5.41, 5.74) is 1.00. The zero-order valence-electron chi connectivity index (χ0n) is 19.2. The Morgan fingerprint density at radius 2 is 1.97 bits per heavy atom. The number of rotatable bonds is 8. The lowest BCUT2D eigenvalue weighted by Crippen LogP contribution is -2.30. The summed E-state index contributed by atoms with van der Waals surface area (Å²) in [6, 6.07) is 9.60. The summed E-state index contributed by atoms with van der Waals surface area (Å²) in [4.78, 5) is 26.2. The fourth-order valence-electron chi connectivity index (χ4n) is 3.03. The third-order valence-electron chi connectivity index (χ3n) is 5.05. The van der Waals surface area contributed by atoms with Gasteiger partial charge in [0.15, 0.2) is 20.8 Å². The summed E-state index contributed by atoms with van der Waals surface area (Å²) in [6.07, 6.45) is 1.47. The summed E-state index contributed by atoms with van der Waals surface area (Å²) in [5, 5.41) is 9.53. The monoisotopic (exact) mass is 518 g/mol. The van der Waals surface area contributed by atoms with E-state index in [0.717, 1.165) is 6.26 Å². The summed E-state index contributed by atoms with van der Waals surface area (Å²) in [6.45, 7) is 2.95. The third-order valence-corrected chi connectivity index (χ3v) is 7.04. The van der Waals surface area contributed by atoms with Crippen molar-refractivity contribution >= 4 is 42.7 Å². The van der Waals surface area contributed by atoms with Gasteiger partial charge in [0.2, 0.25) is 5.89 Å². The zero-order valence-corrected chi connectivity index (χ0v) is 20.8. The zero-order chi connectivity index (χ0) is 25.2. The van der Waals surface area contributed by atoms with Gasteiger partial charge in [0, 0.05) is 24.8 Å². The molecule has 35 heavy (non-hydrogen) atoms. The van der Waals surface area contributed by atoms with Gasteiger partial charge < -0.3 is 9.84 Å². The molecule has 0 unspecified atom stereocenters. The molecular formula is C22H23FN6O4S2. The Morgan fingerprint density at radius 3 is 2.71 bits per heavy atom. The van der Waals surface area contributed by atoms with Crippen LogP contribution in [0.25, 0.3) is 21.6 Å². The van der Waals surface area contributed by atoms with E-state index < -0.39 is 28.0 Å². The highest BCUT2D eigenvalue weighted by molar-refractivity contribution is 7.90. The normalized spacial score (nSPS) is 12.1. The van der Waals surface area contributed by atoms with E-state index in [0.29, 0.717) is 39.0 Å². The van der Waals surface area contributed by atoms with Crippen molar-refractivity contribution in [2.24, 2.45) is 0 Å². The SMILES string of the molecule is CC(C)(CF)c1nc(CCNC(=O)Nc2nc3ccc(-c4cccc(S(C)(=O)=O)c4)nc3s2)no1. The number of halogens is 1. The number of anilines is 1. The molecule has 0 aliphatic rings. The first-order valence-corrected chi connectivity index (χ1v) is 13.3. The predicted octanol–water partition coefficient (Wildman–Crippen LogP) is 3.76. The molecule has 2 N–H and O–H groups in total. The Balaban J connectivity index is 1.38. The highest BCUT2D eigenvalue weighted by atomic mass is 32.2. The standard InChI is InChI=1S/C22H23FN6O4S2/c1-22(2,12-23)19-27-17(29-33-19)9-10-24-20(30)28-21-26-16-8-7-15(25-18(16)34-21)13-5-4-6-14(11-13)35(3,31)32/h4-8,11H,9-10,12H2,1-3H3,(H2,24,26,28,30). The van der Waals surface area contributed by atoms with Gasteiger partial charge in [-0.1, -0.05) is 28.6 Å². The number of amides is 2. The van der Waals surface area contributed by atoms with E-state index >= 15 is 0 Å². The number of alkyl halides is 1. The molecule has 4 rings (SSSR count). The number of carbonyl (C=O) groups excluding carboxylic acids is 1. The molecule has 0 saturated carbocycles. The van der Waals surface area contributed by atoms with Gasteiger partial charge in [-0.05, 0) is 38.1 Å². The molecule has 3 aromatic heterocycles. The van der Waals surface area contributed by atoms with E-state index in [4.69, 9.17) is 4.52 Å². The van der Waals surface area contributed by atoms with Crippen LogP contribution in [-0.4, -0.2) is 54.0 Å². The van der Waals surface area contributed by atoms with Crippen molar-refractivity contribution < 1.29 is 22.1 Å². The van der Waals surface area contributed by atoms with Crippen molar-refractivity contribution in [2.45, 2.75) is 30.6 Å². The van der Waals surface area contributed by atoms with Crippen LogP contribution in [0.4, 0.5) is 14.3 Å². The van der Waals surface area contributed by atoms with Crippen LogP contribution in [0.1, 0.15) is 25.6 Å². The van der Waals surface area contributed by atoms with Crippen molar-refractivity contribution in [2.75, 3.05) is 24.8 Å². The summed E-state index contributed by atoms with van der Waals surface area (Å²) in [5.74, 6) is 0.585. The van der Waals surface area contributed by atoms with Crippen LogP contribution in [0, 0.1) is 0 Å². The first-order chi connectivity index (χ1) is 16.5. The molecule has 0 radical (unpaired) electrons. The quantitative estimate of drug-likeness (QED) is 0.359. The van der Waals surface area contributed by atoms with Gasteiger partial charge in [-0.25, -0.2) is 27.6 Å². The average molecular weight is 519 g/mol. The molecule has 0 atom stereocenters. The van der Waals surface area contributed by atoms with E-state index in [9.17, 15) is 17.6 Å². The van der Waals surface area contributed by atoms with Crippen molar-refractivity contribution in [3.05, 3.63) is 48.1 Å². The lowest BCUT2D eigenvalue weighted by Gasteiger charge is -2.13. The number of fused-ring (bicyclic) bond motifs is 1. The van der Waals surface area contributed by atoms with Gasteiger partial charge >= 0.3 is 6.03 Å². The van der Waals surface area contributed by atoms with E-state index in [1.807, 2.05) is 0 Å².